The Morgan fingerprint density at radius 1 is 1.23 bits per heavy atom. The minimum atomic E-state index is -0.664. The first-order chi connectivity index (χ1) is 10.3. The summed E-state index contributed by atoms with van der Waals surface area (Å²) >= 11 is 0. The van der Waals surface area contributed by atoms with E-state index in [2.05, 4.69) is 6.58 Å². The van der Waals surface area contributed by atoms with Gasteiger partial charge in [0, 0.05) is 0 Å². The van der Waals surface area contributed by atoms with Gasteiger partial charge in [0.1, 0.15) is 0 Å². The van der Waals surface area contributed by atoms with Crippen LogP contribution in [0.3, 0.4) is 0 Å². The van der Waals surface area contributed by atoms with Gasteiger partial charge in [-0.05, 0) is 87.0 Å². The predicted octanol–water partition coefficient (Wildman–Crippen LogP) is 3.62. The standard InChI is InChI=1S/C19H28O3/c1-11-8-15-12-9-16-14(4-3-6-18(16,2)17(20)21)13(15)5-7-19(11,22)10-12/h12-16,22H,1,3-10H2,2H3,(H,20,21)/t12?,13?,14?,15?,16?,18-,19+/m1/s1. The van der Waals surface area contributed by atoms with Crippen molar-refractivity contribution in [2.75, 3.05) is 0 Å². The first-order valence-electron chi connectivity index (χ1n) is 8.99. The van der Waals surface area contributed by atoms with E-state index in [9.17, 15) is 15.0 Å². The summed E-state index contributed by atoms with van der Waals surface area (Å²) in [6.07, 6.45) is 7.76. The number of aliphatic carboxylic acids is 1. The molecule has 0 aromatic rings. The number of fused-ring (bicyclic) bond motifs is 3. The molecule has 0 aliphatic heterocycles. The molecule has 3 nitrogen and oxygen atoms in total. The molecule has 5 fully saturated rings. The highest BCUT2D eigenvalue weighted by atomic mass is 16.4. The van der Waals surface area contributed by atoms with Gasteiger partial charge in [-0.15, -0.1) is 0 Å². The molecule has 5 rings (SSSR count). The van der Waals surface area contributed by atoms with E-state index in [1.165, 1.54) is 6.42 Å². The van der Waals surface area contributed by atoms with E-state index in [1.54, 1.807) is 0 Å². The monoisotopic (exact) mass is 304 g/mol. The molecule has 7 atom stereocenters. The molecule has 0 radical (unpaired) electrons. The smallest absolute Gasteiger partial charge is 0.309 e. The molecule has 0 saturated heterocycles. The van der Waals surface area contributed by atoms with E-state index in [0.29, 0.717) is 29.6 Å². The van der Waals surface area contributed by atoms with Gasteiger partial charge in [-0.2, -0.15) is 0 Å². The van der Waals surface area contributed by atoms with Crippen LogP contribution in [0.25, 0.3) is 0 Å². The van der Waals surface area contributed by atoms with E-state index in [1.807, 2.05) is 6.92 Å². The van der Waals surface area contributed by atoms with Crippen molar-refractivity contribution >= 4 is 5.97 Å². The van der Waals surface area contributed by atoms with Crippen LogP contribution in [-0.2, 0) is 4.79 Å². The largest absolute Gasteiger partial charge is 0.481 e. The van der Waals surface area contributed by atoms with Gasteiger partial charge in [-0.3, -0.25) is 4.79 Å². The summed E-state index contributed by atoms with van der Waals surface area (Å²) in [4.78, 5) is 11.9. The summed E-state index contributed by atoms with van der Waals surface area (Å²) in [5, 5.41) is 20.8. The summed E-state index contributed by atoms with van der Waals surface area (Å²) in [6.45, 7) is 6.15. The van der Waals surface area contributed by atoms with E-state index < -0.39 is 17.0 Å². The second kappa shape index (κ2) is 4.59. The fourth-order valence-electron chi connectivity index (χ4n) is 6.66. The molecular weight excluding hydrogens is 276 g/mol. The van der Waals surface area contributed by atoms with Gasteiger partial charge in [0.15, 0.2) is 0 Å². The highest BCUT2D eigenvalue weighted by Crippen LogP contribution is 2.63. The first-order valence-corrected chi connectivity index (χ1v) is 8.99. The van der Waals surface area contributed by atoms with Crippen LogP contribution in [0.4, 0.5) is 0 Å². The summed E-state index contributed by atoms with van der Waals surface area (Å²) in [7, 11) is 0. The summed E-state index contributed by atoms with van der Waals surface area (Å²) < 4.78 is 0. The van der Waals surface area contributed by atoms with Crippen LogP contribution in [0.2, 0.25) is 0 Å². The third-order valence-electron chi connectivity index (χ3n) is 7.95. The van der Waals surface area contributed by atoms with Gasteiger partial charge in [0.2, 0.25) is 0 Å². The molecule has 0 amide bonds. The first kappa shape index (κ1) is 14.7. The van der Waals surface area contributed by atoms with Crippen LogP contribution >= 0.6 is 0 Å². The molecule has 0 heterocycles. The van der Waals surface area contributed by atoms with Gasteiger partial charge in [0.25, 0.3) is 0 Å². The third kappa shape index (κ3) is 1.81. The van der Waals surface area contributed by atoms with Crippen LogP contribution in [0.15, 0.2) is 12.2 Å². The second-order valence-corrected chi connectivity index (χ2v) is 8.79. The fourth-order valence-corrected chi connectivity index (χ4v) is 6.66. The maximum Gasteiger partial charge on any atom is 0.309 e. The van der Waals surface area contributed by atoms with Crippen LogP contribution in [0, 0.1) is 35.0 Å². The number of carboxylic acid groups (broad SMARTS) is 1. The van der Waals surface area contributed by atoms with E-state index >= 15 is 0 Å². The van der Waals surface area contributed by atoms with Crippen molar-refractivity contribution in [2.45, 2.75) is 63.9 Å². The molecule has 0 aromatic carbocycles. The van der Waals surface area contributed by atoms with Crippen molar-refractivity contribution < 1.29 is 15.0 Å². The lowest BCUT2D eigenvalue weighted by Gasteiger charge is -2.55. The van der Waals surface area contributed by atoms with Crippen molar-refractivity contribution in [3.63, 3.8) is 0 Å². The highest BCUT2D eigenvalue weighted by Gasteiger charge is 2.59. The molecule has 5 aliphatic carbocycles. The van der Waals surface area contributed by atoms with Crippen molar-refractivity contribution in [1.29, 1.82) is 0 Å². The molecule has 5 unspecified atom stereocenters. The molecule has 122 valence electrons. The van der Waals surface area contributed by atoms with E-state index in [-0.39, 0.29) is 0 Å². The Morgan fingerprint density at radius 3 is 2.73 bits per heavy atom. The van der Waals surface area contributed by atoms with E-state index in [4.69, 9.17) is 0 Å². The van der Waals surface area contributed by atoms with Crippen LogP contribution in [0.5, 0.6) is 0 Å². The quantitative estimate of drug-likeness (QED) is 0.727. The molecule has 22 heavy (non-hydrogen) atoms. The SMILES string of the molecule is C=C1CC2C3CC4C(CCC[C@@]4(C)C(=O)O)C2CC[C@]1(O)C3. The van der Waals surface area contributed by atoms with Crippen LogP contribution < -0.4 is 0 Å². The predicted molar refractivity (Wildman–Crippen MR) is 84.2 cm³/mol. The van der Waals surface area contributed by atoms with Gasteiger partial charge >= 0.3 is 5.97 Å². The highest BCUT2D eigenvalue weighted by molar-refractivity contribution is 5.74. The Kier molecular flexibility index (Phi) is 3.08. The van der Waals surface area contributed by atoms with Gasteiger partial charge < -0.3 is 10.2 Å². The average Bonchev–Trinajstić information content (AvgIpc) is 2.64. The lowest BCUT2D eigenvalue weighted by atomic mass is 9.49. The van der Waals surface area contributed by atoms with Gasteiger partial charge in [-0.1, -0.05) is 13.0 Å². The molecular formula is C19H28O3. The number of hydrogen-bond acceptors (Lipinski definition) is 2. The molecule has 5 saturated carbocycles. The lowest BCUT2D eigenvalue weighted by Crippen LogP contribution is -2.52. The average molecular weight is 304 g/mol. The van der Waals surface area contributed by atoms with Crippen molar-refractivity contribution in [3.05, 3.63) is 12.2 Å². The Labute approximate surface area is 132 Å². The Bertz CT molecular complexity index is 527. The maximum atomic E-state index is 11.9. The normalized spacial score (nSPS) is 53.7. The van der Waals surface area contributed by atoms with Gasteiger partial charge in [0.05, 0.1) is 11.0 Å². The van der Waals surface area contributed by atoms with Gasteiger partial charge in [-0.25, -0.2) is 0 Å². The molecule has 4 bridgehead atoms. The Morgan fingerprint density at radius 2 is 2.00 bits per heavy atom. The number of aliphatic hydroxyl groups is 1. The zero-order chi connectivity index (χ0) is 15.7. The number of carbonyl (C=O) groups is 1. The van der Waals surface area contributed by atoms with Crippen molar-refractivity contribution in [2.24, 2.45) is 35.0 Å². The zero-order valence-corrected chi connectivity index (χ0v) is 13.6. The fraction of sp³-hybridized carbons (Fsp3) is 0.842. The molecule has 0 spiro atoms. The number of rotatable bonds is 1. The minimum Gasteiger partial charge on any atom is -0.481 e. The second-order valence-electron chi connectivity index (χ2n) is 8.79. The molecule has 0 aromatic heterocycles. The Hall–Kier alpha value is -0.830. The van der Waals surface area contributed by atoms with Crippen LogP contribution in [-0.4, -0.2) is 21.8 Å². The number of hydrogen-bond donors (Lipinski definition) is 2. The van der Waals surface area contributed by atoms with Crippen molar-refractivity contribution in [3.8, 4) is 0 Å². The zero-order valence-electron chi connectivity index (χ0n) is 13.6. The summed E-state index contributed by atoms with van der Waals surface area (Å²) in [5.41, 5.74) is -0.168. The lowest BCUT2D eigenvalue weighted by molar-refractivity contribution is -0.162. The third-order valence-corrected chi connectivity index (χ3v) is 7.95. The van der Waals surface area contributed by atoms with Crippen molar-refractivity contribution in [1.82, 2.24) is 0 Å². The molecule has 2 N–H and O–H groups in total. The summed E-state index contributed by atoms with van der Waals surface area (Å²) in [6, 6.07) is 0. The van der Waals surface area contributed by atoms with Crippen LogP contribution in [0.1, 0.15) is 58.3 Å². The maximum absolute atomic E-state index is 11.9. The van der Waals surface area contributed by atoms with E-state index in [0.717, 1.165) is 50.5 Å². The molecule has 3 heteroatoms. The summed E-state index contributed by atoms with van der Waals surface area (Å²) in [5.74, 6) is 2.00. The topological polar surface area (TPSA) is 57.5 Å². The molecule has 5 aliphatic rings. The Balaban J connectivity index is 1.72. The minimum absolute atomic E-state index is 0.304. The number of carboxylic acids is 1.